The van der Waals surface area contributed by atoms with Crippen LogP contribution in [-0.4, -0.2) is 35.4 Å². The Morgan fingerprint density at radius 3 is 2.75 bits per heavy atom. The number of thioether (sulfide) groups is 1. The predicted octanol–water partition coefficient (Wildman–Crippen LogP) is 2.51. The summed E-state index contributed by atoms with van der Waals surface area (Å²) in [5, 5.41) is 16.9. The van der Waals surface area contributed by atoms with Crippen LogP contribution in [0.25, 0.3) is 0 Å². The number of nitrogens with one attached hydrogen (secondary N) is 2. The van der Waals surface area contributed by atoms with Gasteiger partial charge in [-0.2, -0.15) is 11.8 Å². The molecule has 1 unspecified atom stereocenters. The molecule has 0 aliphatic carbocycles. The number of amides is 1. The second-order valence-corrected chi connectivity index (χ2v) is 5.23. The molecular formula is C13H19N3O3S. The lowest BCUT2D eigenvalue weighted by atomic mass is 10.1. The van der Waals surface area contributed by atoms with Gasteiger partial charge in [0, 0.05) is 18.3 Å². The van der Waals surface area contributed by atoms with Crippen molar-refractivity contribution in [1.82, 2.24) is 5.32 Å². The first kappa shape index (κ1) is 16.3. The third-order valence-corrected chi connectivity index (χ3v) is 3.46. The molecule has 1 aromatic rings. The second kappa shape index (κ2) is 7.74. The van der Waals surface area contributed by atoms with Gasteiger partial charge < -0.3 is 10.6 Å². The molecule has 1 rings (SSSR count). The molecule has 0 aliphatic rings. The van der Waals surface area contributed by atoms with Crippen molar-refractivity contribution in [2.75, 3.05) is 23.9 Å². The van der Waals surface area contributed by atoms with E-state index in [2.05, 4.69) is 10.6 Å². The zero-order chi connectivity index (χ0) is 15.1. The lowest BCUT2D eigenvalue weighted by molar-refractivity contribution is -0.384. The molecule has 1 amide bonds. The quantitative estimate of drug-likeness (QED) is 0.596. The van der Waals surface area contributed by atoms with Gasteiger partial charge in [0.05, 0.1) is 4.92 Å². The van der Waals surface area contributed by atoms with Gasteiger partial charge in [0.2, 0.25) is 0 Å². The SMILES string of the molecule is CCNc1cccc(C(=O)NC(C)CSC)c1[N+](=O)[O-]. The van der Waals surface area contributed by atoms with Gasteiger partial charge in [0.1, 0.15) is 11.3 Å². The maximum atomic E-state index is 12.2. The minimum atomic E-state index is -0.522. The second-order valence-electron chi connectivity index (χ2n) is 4.32. The molecule has 0 saturated carbocycles. The monoisotopic (exact) mass is 297 g/mol. The van der Waals surface area contributed by atoms with Gasteiger partial charge in [0.25, 0.3) is 5.91 Å². The minimum Gasteiger partial charge on any atom is -0.380 e. The molecule has 110 valence electrons. The Kier molecular flexibility index (Phi) is 6.30. The van der Waals surface area contributed by atoms with Crippen LogP contribution in [0.4, 0.5) is 11.4 Å². The van der Waals surface area contributed by atoms with Crippen molar-refractivity contribution in [2.24, 2.45) is 0 Å². The Morgan fingerprint density at radius 1 is 1.50 bits per heavy atom. The first-order valence-electron chi connectivity index (χ1n) is 6.32. The van der Waals surface area contributed by atoms with E-state index in [0.717, 1.165) is 5.75 Å². The maximum absolute atomic E-state index is 12.2. The van der Waals surface area contributed by atoms with E-state index in [9.17, 15) is 14.9 Å². The average molecular weight is 297 g/mol. The molecule has 0 bridgehead atoms. The Morgan fingerprint density at radius 2 is 2.20 bits per heavy atom. The number of nitrogens with zero attached hydrogens (tertiary/aromatic N) is 1. The molecule has 0 heterocycles. The van der Waals surface area contributed by atoms with Gasteiger partial charge in [0.15, 0.2) is 0 Å². The highest BCUT2D eigenvalue weighted by Gasteiger charge is 2.24. The standard InChI is InChI=1S/C13H19N3O3S/c1-4-14-11-7-5-6-10(12(11)16(18)19)13(17)15-9(2)8-20-3/h5-7,9,14H,4,8H2,1-3H3,(H,15,17). The van der Waals surface area contributed by atoms with Crippen LogP contribution in [0.1, 0.15) is 24.2 Å². The highest BCUT2D eigenvalue weighted by Crippen LogP contribution is 2.28. The van der Waals surface area contributed by atoms with Crippen LogP contribution in [0, 0.1) is 10.1 Å². The number of rotatable bonds is 7. The molecule has 2 N–H and O–H groups in total. The van der Waals surface area contributed by atoms with E-state index in [1.807, 2.05) is 20.1 Å². The van der Waals surface area contributed by atoms with E-state index in [0.29, 0.717) is 12.2 Å². The summed E-state index contributed by atoms with van der Waals surface area (Å²) in [5.41, 5.74) is 0.271. The molecule has 1 atom stereocenters. The predicted molar refractivity (Wildman–Crippen MR) is 82.6 cm³/mol. The van der Waals surface area contributed by atoms with Crippen LogP contribution in [0.15, 0.2) is 18.2 Å². The fourth-order valence-corrected chi connectivity index (χ4v) is 2.43. The summed E-state index contributed by atoms with van der Waals surface area (Å²) in [6.07, 6.45) is 1.94. The van der Waals surface area contributed by atoms with Gasteiger partial charge in [-0.05, 0) is 32.2 Å². The molecule has 0 radical (unpaired) electrons. The van der Waals surface area contributed by atoms with Crippen LogP contribution in [-0.2, 0) is 0 Å². The molecule has 0 aromatic heterocycles. The molecule has 0 spiro atoms. The van der Waals surface area contributed by atoms with Gasteiger partial charge in [-0.25, -0.2) is 0 Å². The Labute approximate surface area is 122 Å². The van der Waals surface area contributed by atoms with Crippen molar-refractivity contribution < 1.29 is 9.72 Å². The lowest BCUT2D eigenvalue weighted by Gasteiger charge is -2.13. The van der Waals surface area contributed by atoms with Gasteiger partial charge in [-0.1, -0.05) is 6.07 Å². The number of benzene rings is 1. The molecule has 0 fully saturated rings. The molecule has 20 heavy (non-hydrogen) atoms. The third kappa shape index (κ3) is 4.12. The number of nitro groups is 1. The van der Waals surface area contributed by atoms with Crippen molar-refractivity contribution in [3.63, 3.8) is 0 Å². The van der Waals surface area contributed by atoms with Crippen molar-refractivity contribution in [3.05, 3.63) is 33.9 Å². The van der Waals surface area contributed by atoms with E-state index < -0.39 is 10.8 Å². The summed E-state index contributed by atoms with van der Waals surface area (Å²) in [4.78, 5) is 22.9. The number of carbonyl (C=O) groups is 1. The fraction of sp³-hybridized carbons (Fsp3) is 0.462. The number of para-hydroxylation sites is 1. The summed E-state index contributed by atoms with van der Waals surface area (Å²) in [7, 11) is 0. The number of hydrogen-bond donors (Lipinski definition) is 2. The first-order chi connectivity index (χ1) is 9.51. The zero-order valence-electron chi connectivity index (χ0n) is 11.8. The summed E-state index contributed by atoms with van der Waals surface area (Å²) in [5.74, 6) is 0.338. The molecule has 1 aromatic carbocycles. The molecule has 0 saturated heterocycles. The van der Waals surface area contributed by atoms with E-state index >= 15 is 0 Å². The Bertz CT molecular complexity index is 494. The van der Waals surface area contributed by atoms with Crippen LogP contribution < -0.4 is 10.6 Å². The number of carbonyl (C=O) groups excluding carboxylic acids is 1. The number of hydrogen-bond acceptors (Lipinski definition) is 5. The molecule has 6 nitrogen and oxygen atoms in total. The normalized spacial score (nSPS) is 11.8. The van der Waals surface area contributed by atoms with Crippen LogP contribution in [0.3, 0.4) is 0 Å². The summed E-state index contributed by atoms with van der Waals surface area (Å²) >= 11 is 1.61. The largest absolute Gasteiger partial charge is 0.380 e. The van der Waals surface area contributed by atoms with Crippen LogP contribution in [0.2, 0.25) is 0 Å². The Hall–Kier alpha value is -1.76. The summed E-state index contributed by atoms with van der Waals surface area (Å²) in [6, 6.07) is 4.67. The van der Waals surface area contributed by atoms with E-state index in [1.165, 1.54) is 6.07 Å². The first-order valence-corrected chi connectivity index (χ1v) is 7.71. The topological polar surface area (TPSA) is 84.3 Å². The zero-order valence-corrected chi connectivity index (χ0v) is 12.6. The third-order valence-electron chi connectivity index (χ3n) is 2.62. The van der Waals surface area contributed by atoms with E-state index in [-0.39, 0.29) is 17.3 Å². The smallest absolute Gasteiger partial charge is 0.305 e. The summed E-state index contributed by atoms with van der Waals surface area (Å²) < 4.78 is 0. The highest BCUT2D eigenvalue weighted by molar-refractivity contribution is 7.98. The average Bonchev–Trinajstić information content (AvgIpc) is 2.38. The van der Waals surface area contributed by atoms with E-state index in [1.54, 1.807) is 23.9 Å². The van der Waals surface area contributed by atoms with Gasteiger partial charge in [-0.15, -0.1) is 0 Å². The molecular weight excluding hydrogens is 278 g/mol. The van der Waals surface area contributed by atoms with Crippen molar-refractivity contribution in [1.29, 1.82) is 0 Å². The minimum absolute atomic E-state index is 0.0418. The van der Waals surface area contributed by atoms with E-state index in [4.69, 9.17) is 0 Å². The fourth-order valence-electron chi connectivity index (χ4n) is 1.85. The molecule has 7 heteroatoms. The van der Waals surface area contributed by atoms with Crippen molar-refractivity contribution in [3.8, 4) is 0 Å². The van der Waals surface area contributed by atoms with Gasteiger partial charge in [-0.3, -0.25) is 14.9 Å². The van der Waals surface area contributed by atoms with Crippen LogP contribution >= 0.6 is 11.8 Å². The number of anilines is 1. The maximum Gasteiger partial charge on any atom is 0.305 e. The number of nitro benzene ring substituents is 1. The van der Waals surface area contributed by atoms with Gasteiger partial charge >= 0.3 is 5.69 Å². The highest BCUT2D eigenvalue weighted by atomic mass is 32.2. The molecule has 0 aliphatic heterocycles. The Balaban J connectivity index is 3.07. The lowest BCUT2D eigenvalue weighted by Crippen LogP contribution is -2.34. The summed E-state index contributed by atoms with van der Waals surface area (Å²) in [6.45, 7) is 4.26. The van der Waals surface area contributed by atoms with Crippen molar-refractivity contribution in [2.45, 2.75) is 19.9 Å². The van der Waals surface area contributed by atoms with Crippen LogP contribution in [0.5, 0.6) is 0 Å². The van der Waals surface area contributed by atoms with Crippen molar-refractivity contribution >= 4 is 29.0 Å².